The van der Waals surface area contributed by atoms with Gasteiger partial charge in [0.1, 0.15) is 5.75 Å². The van der Waals surface area contributed by atoms with E-state index in [1.807, 2.05) is 24.3 Å². The Morgan fingerprint density at radius 1 is 1.22 bits per heavy atom. The number of ether oxygens (including phenoxy) is 1. The van der Waals surface area contributed by atoms with Crippen molar-refractivity contribution < 1.29 is 4.74 Å². The molecule has 4 nitrogen and oxygen atoms in total. The van der Waals surface area contributed by atoms with Crippen molar-refractivity contribution in [2.24, 2.45) is 5.10 Å². The average Bonchev–Trinajstić information content (AvgIpc) is 2.90. The molecule has 0 amide bonds. The number of nitrogens with zero attached hydrogens (tertiary/aromatic N) is 1. The molecule has 0 atom stereocenters. The van der Waals surface area contributed by atoms with Gasteiger partial charge in [-0.3, -0.25) is 5.43 Å². The van der Waals surface area contributed by atoms with E-state index >= 15 is 0 Å². The maximum atomic E-state index is 5.17. The van der Waals surface area contributed by atoms with E-state index in [-0.39, 0.29) is 0 Å². The number of thiocarbonyl (C=S) groups is 1. The first-order valence-electron chi connectivity index (χ1n) is 6.04. The topological polar surface area (TPSA) is 45.6 Å². The highest BCUT2D eigenvalue weighted by atomic mass is 32.1. The first kappa shape index (κ1) is 12.8. The minimum absolute atomic E-state index is 0.513. The summed E-state index contributed by atoms with van der Waals surface area (Å²) < 4.78 is 5.09. The third-order valence-corrected chi connectivity index (χ3v) is 3.04. The van der Waals surface area contributed by atoms with E-state index in [0.29, 0.717) is 5.11 Å². The Labute approximate surface area is 112 Å². The second kappa shape index (κ2) is 6.35. The van der Waals surface area contributed by atoms with Gasteiger partial charge >= 0.3 is 0 Å². The van der Waals surface area contributed by atoms with Gasteiger partial charge in [0, 0.05) is 11.4 Å². The molecule has 0 unspecified atom stereocenters. The molecular formula is C13H17N3OS. The summed E-state index contributed by atoms with van der Waals surface area (Å²) >= 11 is 5.17. The highest BCUT2D eigenvalue weighted by molar-refractivity contribution is 7.80. The molecule has 0 aliphatic heterocycles. The van der Waals surface area contributed by atoms with E-state index in [2.05, 4.69) is 15.8 Å². The van der Waals surface area contributed by atoms with Crippen molar-refractivity contribution in [1.82, 2.24) is 5.43 Å². The standard InChI is InChI=1S/C13H17N3OS/c1-17-12-8-6-10(7-9-12)14-13(18)16-15-11-4-2-3-5-11/h6-9H,2-5H2,1H3,(H2,14,16,18). The Hall–Kier alpha value is -1.62. The molecule has 1 aromatic rings. The lowest BCUT2D eigenvalue weighted by Crippen LogP contribution is -2.24. The van der Waals surface area contributed by atoms with Crippen LogP contribution in [-0.2, 0) is 0 Å². The summed E-state index contributed by atoms with van der Waals surface area (Å²) in [5.74, 6) is 0.825. The highest BCUT2D eigenvalue weighted by Crippen LogP contribution is 2.15. The van der Waals surface area contributed by atoms with Gasteiger partial charge in [-0.1, -0.05) is 0 Å². The molecule has 18 heavy (non-hydrogen) atoms. The zero-order valence-corrected chi connectivity index (χ0v) is 11.2. The van der Waals surface area contributed by atoms with Gasteiger partial charge in [-0.25, -0.2) is 0 Å². The largest absolute Gasteiger partial charge is 0.497 e. The van der Waals surface area contributed by atoms with Crippen LogP contribution in [0.3, 0.4) is 0 Å². The first-order valence-corrected chi connectivity index (χ1v) is 6.45. The molecule has 0 aromatic heterocycles. The van der Waals surface area contributed by atoms with Gasteiger partial charge in [0.05, 0.1) is 7.11 Å². The smallest absolute Gasteiger partial charge is 0.191 e. The number of rotatable bonds is 3. The van der Waals surface area contributed by atoms with Crippen molar-refractivity contribution in [2.75, 3.05) is 12.4 Å². The van der Waals surface area contributed by atoms with Gasteiger partial charge in [-0.2, -0.15) is 5.10 Å². The molecular weight excluding hydrogens is 246 g/mol. The van der Waals surface area contributed by atoms with Crippen LogP contribution in [0.5, 0.6) is 5.75 Å². The fourth-order valence-corrected chi connectivity index (χ4v) is 2.02. The molecule has 5 heteroatoms. The Morgan fingerprint density at radius 3 is 2.50 bits per heavy atom. The summed E-state index contributed by atoms with van der Waals surface area (Å²) in [6, 6.07) is 7.59. The van der Waals surface area contributed by atoms with Gasteiger partial charge in [0.25, 0.3) is 0 Å². The van der Waals surface area contributed by atoms with Crippen molar-refractivity contribution in [1.29, 1.82) is 0 Å². The molecule has 2 rings (SSSR count). The molecule has 1 saturated carbocycles. The summed E-state index contributed by atoms with van der Waals surface area (Å²) in [6.45, 7) is 0. The molecule has 1 fully saturated rings. The van der Waals surface area contributed by atoms with Crippen LogP contribution in [0, 0.1) is 0 Å². The van der Waals surface area contributed by atoms with Crippen molar-refractivity contribution in [2.45, 2.75) is 25.7 Å². The fraction of sp³-hybridized carbons (Fsp3) is 0.385. The molecule has 0 heterocycles. The molecule has 0 saturated heterocycles. The second-order valence-corrected chi connectivity index (χ2v) is 4.59. The van der Waals surface area contributed by atoms with Crippen LogP contribution >= 0.6 is 12.2 Å². The second-order valence-electron chi connectivity index (χ2n) is 4.18. The predicted octanol–water partition coefficient (Wildman–Crippen LogP) is 2.91. The molecule has 1 aliphatic rings. The third-order valence-electron chi connectivity index (χ3n) is 2.84. The number of anilines is 1. The summed E-state index contributed by atoms with van der Waals surface area (Å²) in [6.07, 6.45) is 4.63. The monoisotopic (exact) mass is 263 g/mol. The van der Waals surface area contributed by atoms with Crippen LogP contribution in [0.1, 0.15) is 25.7 Å². The van der Waals surface area contributed by atoms with Gasteiger partial charge in [-0.15, -0.1) is 0 Å². The van der Waals surface area contributed by atoms with E-state index < -0.39 is 0 Å². The molecule has 1 aromatic carbocycles. The summed E-state index contributed by atoms with van der Waals surface area (Å²) in [4.78, 5) is 0. The van der Waals surface area contributed by atoms with E-state index in [9.17, 15) is 0 Å². The van der Waals surface area contributed by atoms with Crippen molar-refractivity contribution >= 4 is 28.7 Å². The summed E-state index contributed by atoms with van der Waals surface area (Å²) in [5.41, 5.74) is 5.00. The number of hydrazone groups is 1. The molecule has 0 spiro atoms. The van der Waals surface area contributed by atoms with Gasteiger partial charge in [0.15, 0.2) is 5.11 Å². The SMILES string of the molecule is COc1ccc(NC(=S)NN=C2CCCC2)cc1. The van der Waals surface area contributed by atoms with E-state index in [1.54, 1.807) is 7.11 Å². The summed E-state index contributed by atoms with van der Waals surface area (Å²) in [7, 11) is 1.65. The molecule has 0 radical (unpaired) electrons. The maximum absolute atomic E-state index is 5.17. The van der Waals surface area contributed by atoms with Crippen LogP contribution < -0.4 is 15.5 Å². The molecule has 2 N–H and O–H groups in total. The van der Waals surface area contributed by atoms with Gasteiger partial charge in [-0.05, 0) is 62.2 Å². The Kier molecular flexibility index (Phi) is 4.52. The van der Waals surface area contributed by atoms with E-state index in [4.69, 9.17) is 17.0 Å². The molecule has 0 bridgehead atoms. The highest BCUT2D eigenvalue weighted by Gasteiger charge is 2.07. The van der Waals surface area contributed by atoms with Crippen LogP contribution in [0.4, 0.5) is 5.69 Å². The molecule has 96 valence electrons. The zero-order chi connectivity index (χ0) is 12.8. The normalized spacial score (nSPS) is 14.2. The third kappa shape index (κ3) is 3.70. The predicted molar refractivity (Wildman–Crippen MR) is 78.3 cm³/mol. The number of methoxy groups -OCH3 is 1. The number of benzene rings is 1. The van der Waals surface area contributed by atoms with Gasteiger partial charge in [0.2, 0.25) is 0 Å². The number of nitrogens with one attached hydrogen (secondary N) is 2. The van der Waals surface area contributed by atoms with Crippen molar-refractivity contribution in [3.63, 3.8) is 0 Å². The van der Waals surface area contributed by atoms with Crippen LogP contribution in [0.25, 0.3) is 0 Å². The van der Waals surface area contributed by atoms with Crippen LogP contribution in [-0.4, -0.2) is 17.9 Å². The lowest BCUT2D eigenvalue weighted by Gasteiger charge is -2.08. The van der Waals surface area contributed by atoms with Gasteiger partial charge < -0.3 is 10.1 Å². The lowest BCUT2D eigenvalue weighted by atomic mass is 10.3. The Balaban J connectivity index is 1.84. The lowest BCUT2D eigenvalue weighted by molar-refractivity contribution is 0.415. The fourth-order valence-electron chi connectivity index (χ4n) is 1.86. The van der Waals surface area contributed by atoms with E-state index in [1.165, 1.54) is 18.6 Å². The van der Waals surface area contributed by atoms with E-state index in [0.717, 1.165) is 24.3 Å². The van der Waals surface area contributed by atoms with Crippen molar-refractivity contribution in [3.8, 4) is 5.75 Å². The summed E-state index contributed by atoms with van der Waals surface area (Å²) in [5, 5.41) is 7.88. The Bertz CT molecular complexity index is 434. The van der Waals surface area contributed by atoms with Crippen molar-refractivity contribution in [3.05, 3.63) is 24.3 Å². The maximum Gasteiger partial charge on any atom is 0.191 e. The molecule has 1 aliphatic carbocycles. The number of hydrogen-bond donors (Lipinski definition) is 2. The van der Waals surface area contributed by atoms with Crippen LogP contribution in [0.2, 0.25) is 0 Å². The average molecular weight is 263 g/mol. The first-order chi connectivity index (χ1) is 8.78. The quantitative estimate of drug-likeness (QED) is 0.650. The number of hydrogen-bond acceptors (Lipinski definition) is 3. The Morgan fingerprint density at radius 2 is 1.89 bits per heavy atom. The minimum atomic E-state index is 0.513. The van der Waals surface area contributed by atoms with Crippen LogP contribution in [0.15, 0.2) is 29.4 Å². The zero-order valence-electron chi connectivity index (χ0n) is 10.4. The minimum Gasteiger partial charge on any atom is -0.497 e.